The van der Waals surface area contributed by atoms with E-state index in [9.17, 15) is 4.39 Å². The van der Waals surface area contributed by atoms with Crippen LogP contribution in [0.5, 0.6) is 0 Å². The van der Waals surface area contributed by atoms with Gasteiger partial charge >= 0.3 is 0 Å². The summed E-state index contributed by atoms with van der Waals surface area (Å²) in [7, 11) is 1.73. The lowest BCUT2D eigenvalue weighted by Crippen LogP contribution is -2.38. The monoisotopic (exact) mass is 357 g/mol. The summed E-state index contributed by atoms with van der Waals surface area (Å²) in [5.74, 6) is 0.531. The molecule has 4 nitrogen and oxygen atoms in total. The molecule has 2 aromatic carbocycles. The molecule has 0 saturated heterocycles. The maximum absolute atomic E-state index is 13.7. The van der Waals surface area contributed by atoms with Crippen molar-refractivity contribution < 1.29 is 9.13 Å². The Balaban J connectivity index is 1.82. The molecule has 26 heavy (non-hydrogen) atoms. The number of halogens is 1. The summed E-state index contributed by atoms with van der Waals surface area (Å²) >= 11 is 0. The van der Waals surface area contributed by atoms with Crippen LogP contribution in [0.2, 0.25) is 0 Å². The van der Waals surface area contributed by atoms with E-state index in [4.69, 9.17) is 4.74 Å². The molecule has 2 N–H and O–H groups in total. The van der Waals surface area contributed by atoms with Gasteiger partial charge in [0.15, 0.2) is 5.96 Å². The lowest BCUT2D eigenvalue weighted by molar-refractivity contribution is 0.121. The van der Waals surface area contributed by atoms with E-state index in [1.807, 2.05) is 18.2 Å². The Bertz CT molecular complexity index is 703. The summed E-state index contributed by atoms with van der Waals surface area (Å²) < 4.78 is 19.3. The van der Waals surface area contributed by atoms with Gasteiger partial charge in [-0.2, -0.15) is 0 Å². The number of ether oxygens (including phenoxy) is 1. The van der Waals surface area contributed by atoms with Crippen molar-refractivity contribution >= 4 is 5.96 Å². The molecule has 0 fully saturated rings. The zero-order valence-electron chi connectivity index (χ0n) is 15.6. The highest BCUT2D eigenvalue weighted by molar-refractivity contribution is 5.79. The number of rotatable bonds is 9. The van der Waals surface area contributed by atoms with Gasteiger partial charge in [0, 0.05) is 26.7 Å². The number of nitrogens with one attached hydrogen (secondary N) is 2. The Kier molecular flexibility index (Phi) is 8.63. The van der Waals surface area contributed by atoms with Gasteiger partial charge in [-0.1, -0.05) is 49.4 Å². The molecule has 140 valence electrons. The maximum Gasteiger partial charge on any atom is 0.191 e. The van der Waals surface area contributed by atoms with E-state index in [0.29, 0.717) is 37.6 Å². The molecule has 0 heterocycles. The molecular weight excluding hydrogens is 329 g/mol. The van der Waals surface area contributed by atoms with E-state index >= 15 is 0 Å². The van der Waals surface area contributed by atoms with Gasteiger partial charge in [0.2, 0.25) is 0 Å². The van der Waals surface area contributed by atoms with Crippen molar-refractivity contribution in [1.82, 2.24) is 10.6 Å². The van der Waals surface area contributed by atoms with Crippen LogP contribution in [0, 0.1) is 5.82 Å². The Morgan fingerprint density at radius 1 is 1.00 bits per heavy atom. The van der Waals surface area contributed by atoms with Gasteiger partial charge in [-0.15, -0.1) is 0 Å². The lowest BCUT2D eigenvalue weighted by atomic mass is 10.1. The fourth-order valence-corrected chi connectivity index (χ4v) is 2.61. The van der Waals surface area contributed by atoms with Gasteiger partial charge in [-0.25, -0.2) is 4.39 Å². The van der Waals surface area contributed by atoms with Crippen molar-refractivity contribution in [3.05, 3.63) is 71.0 Å². The second kappa shape index (κ2) is 11.3. The number of benzene rings is 2. The molecule has 0 aliphatic rings. The maximum atomic E-state index is 13.7. The first-order valence-corrected chi connectivity index (χ1v) is 9.07. The normalized spacial score (nSPS) is 11.4. The summed E-state index contributed by atoms with van der Waals surface area (Å²) in [6, 6.07) is 15.1. The quantitative estimate of drug-likeness (QED) is 0.409. The molecule has 0 bridgehead atoms. The summed E-state index contributed by atoms with van der Waals surface area (Å²) in [6.45, 7) is 4.75. The molecule has 0 saturated carbocycles. The van der Waals surface area contributed by atoms with Crippen molar-refractivity contribution in [2.24, 2.45) is 4.99 Å². The van der Waals surface area contributed by atoms with Crippen LogP contribution in [0.3, 0.4) is 0 Å². The van der Waals surface area contributed by atoms with Crippen LogP contribution in [0.15, 0.2) is 53.5 Å². The minimum Gasteiger partial charge on any atom is -0.377 e. The highest BCUT2D eigenvalue weighted by atomic mass is 19.1. The van der Waals surface area contributed by atoms with Crippen molar-refractivity contribution in [1.29, 1.82) is 0 Å². The minimum absolute atomic E-state index is 0.168. The molecule has 2 rings (SSSR count). The molecule has 2 aromatic rings. The molecule has 0 unspecified atom stereocenters. The summed E-state index contributed by atoms with van der Waals surface area (Å²) in [5.41, 5.74) is 3.06. The Morgan fingerprint density at radius 2 is 1.69 bits per heavy atom. The molecule has 0 aliphatic heterocycles. The first kappa shape index (κ1) is 19.9. The third-order valence-corrected chi connectivity index (χ3v) is 4.04. The molecule has 0 amide bonds. The van der Waals surface area contributed by atoms with Crippen molar-refractivity contribution in [3.63, 3.8) is 0 Å². The zero-order valence-corrected chi connectivity index (χ0v) is 15.6. The van der Waals surface area contributed by atoms with Crippen LogP contribution in [-0.4, -0.2) is 26.2 Å². The molecule has 0 aliphatic carbocycles. The molecule has 0 atom stereocenters. The third kappa shape index (κ3) is 6.48. The van der Waals surface area contributed by atoms with Gasteiger partial charge in [0.25, 0.3) is 0 Å². The van der Waals surface area contributed by atoms with E-state index in [1.165, 1.54) is 17.2 Å². The van der Waals surface area contributed by atoms with Crippen LogP contribution in [0.1, 0.15) is 30.0 Å². The van der Waals surface area contributed by atoms with Crippen LogP contribution in [0.4, 0.5) is 4.39 Å². The third-order valence-electron chi connectivity index (χ3n) is 4.04. The smallest absolute Gasteiger partial charge is 0.191 e. The summed E-state index contributed by atoms with van der Waals surface area (Å²) in [4.78, 5) is 4.23. The molecule has 0 radical (unpaired) electrons. The second-order valence-electron chi connectivity index (χ2n) is 6.02. The fourth-order valence-electron chi connectivity index (χ4n) is 2.61. The Morgan fingerprint density at radius 3 is 2.38 bits per heavy atom. The number of hydrogen-bond donors (Lipinski definition) is 2. The number of nitrogens with zero attached hydrogens (tertiary/aromatic N) is 1. The van der Waals surface area contributed by atoms with Crippen LogP contribution in [-0.2, 0) is 24.3 Å². The van der Waals surface area contributed by atoms with Gasteiger partial charge in [0.1, 0.15) is 5.82 Å². The van der Waals surface area contributed by atoms with E-state index in [2.05, 4.69) is 34.7 Å². The molecule has 0 aromatic heterocycles. The SMILES string of the molecule is CCCOCc1ccccc1CNC(=NC)NCCc1ccccc1F. The fraction of sp³-hybridized carbons (Fsp3) is 0.381. The first-order chi connectivity index (χ1) is 12.7. The average molecular weight is 357 g/mol. The zero-order chi connectivity index (χ0) is 18.6. The minimum atomic E-state index is -0.168. The van der Waals surface area contributed by atoms with Gasteiger partial charge in [-0.05, 0) is 35.6 Å². The van der Waals surface area contributed by atoms with E-state index in [1.54, 1.807) is 19.2 Å². The van der Waals surface area contributed by atoms with Crippen LogP contribution >= 0.6 is 0 Å². The molecule has 0 spiro atoms. The van der Waals surface area contributed by atoms with E-state index < -0.39 is 0 Å². The van der Waals surface area contributed by atoms with E-state index in [-0.39, 0.29) is 5.82 Å². The van der Waals surface area contributed by atoms with E-state index in [0.717, 1.165) is 13.0 Å². The first-order valence-electron chi connectivity index (χ1n) is 9.07. The topological polar surface area (TPSA) is 45.6 Å². The van der Waals surface area contributed by atoms with Crippen LogP contribution < -0.4 is 10.6 Å². The predicted octanol–water partition coefficient (Wildman–Crippen LogP) is 3.66. The van der Waals surface area contributed by atoms with Crippen molar-refractivity contribution in [2.45, 2.75) is 32.9 Å². The van der Waals surface area contributed by atoms with Crippen LogP contribution in [0.25, 0.3) is 0 Å². The highest BCUT2D eigenvalue weighted by Crippen LogP contribution is 2.10. The highest BCUT2D eigenvalue weighted by Gasteiger charge is 2.05. The largest absolute Gasteiger partial charge is 0.377 e. The predicted molar refractivity (Wildman–Crippen MR) is 105 cm³/mol. The average Bonchev–Trinajstić information content (AvgIpc) is 2.67. The standard InChI is InChI=1S/C21H28FN3O/c1-3-14-26-16-19-10-5-4-9-18(19)15-25-21(23-2)24-13-12-17-8-6-7-11-20(17)22/h4-11H,3,12-16H2,1-2H3,(H2,23,24,25). The summed E-state index contributed by atoms with van der Waals surface area (Å²) in [6.07, 6.45) is 1.62. The van der Waals surface area contributed by atoms with Gasteiger partial charge in [-0.3, -0.25) is 4.99 Å². The second-order valence-corrected chi connectivity index (χ2v) is 6.02. The molecular formula is C21H28FN3O. The van der Waals surface area contributed by atoms with Crippen molar-refractivity contribution in [2.75, 3.05) is 20.2 Å². The Hall–Kier alpha value is -2.40. The number of aliphatic imine (C=N–C) groups is 1. The van der Waals surface area contributed by atoms with Gasteiger partial charge in [0.05, 0.1) is 6.61 Å². The number of guanidine groups is 1. The van der Waals surface area contributed by atoms with Gasteiger partial charge < -0.3 is 15.4 Å². The molecule has 5 heteroatoms. The lowest BCUT2D eigenvalue weighted by Gasteiger charge is -2.14. The summed E-state index contributed by atoms with van der Waals surface area (Å²) in [5, 5.41) is 6.54. The number of hydrogen-bond acceptors (Lipinski definition) is 2. The van der Waals surface area contributed by atoms with Crippen molar-refractivity contribution in [3.8, 4) is 0 Å². The Labute approximate surface area is 155 Å².